The van der Waals surface area contributed by atoms with Crippen molar-refractivity contribution in [3.8, 4) is 39.1 Å². The quantitative estimate of drug-likeness (QED) is 0.130. The number of halogens is 1. The molecule has 0 radical (unpaired) electrons. The van der Waals surface area contributed by atoms with Gasteiger partial charge in [0.05, 0.1) is 34.4 Å². The van der Waals surface area contributed by atoms with Crippen LogP contribution in [-0.2, 0) is 19.5 Å². The second kappa shape index (κ2) is 12.6. The smallest absolute Gasteiger partial charge is 0.657 e. The van der Waals surface area contributed by atoms with Gasteiger partial charge in [0.1, 0.15) is 0 Å². The molecule has 0 unspecified atom stereocenters. The van der Waals surface area contributed by atoms with Gasteiger partial charge < -0.3 is 14.7 Å². The fourth-order valence-corrected chi connectivity index (χ4v) is 6.50. The first-order valence-corrected chi connectivity index (χ1v) is 16.0. The molecule has 0 aliphatic carbocycles. The largest absolute Gasteiger partial charge is 2.00 e. The standard InChI is InChI=1S/C39H27BrN4O3.Zn/c1-21(2)47-39-35(37(45)38(39)46)34-28-15-13-24(41-28)32(22-9-5-3-6-10-22)26-17-19-30(43-26)36(40)31-20-18-27(44-31)33(23-11-7-4-8-12-23)25-14-16-29(34)42-25;/h3-21H,1-2H3,(H2,41,42,43,44,45,46);/q;+2/p-2. The minimum atomic E-state index is -0.649. The van der Waals surface area contributed by atoms with Crippen molar-refractivity contribution in [3.63, 3.8) is 0 Å². The van der Waals surface area contributed by atoms with Crippen LogP contribution in [0.1, 0.15) is 36.6 Å². The van der Waals surface area contributed by atoms with E-state index in [2.05, 4.69) is 15.9 Å². The Bertz CT molecular complexity index is 2490. The maximum absolute atomic E-state index is 13.3. The zero-order chi connectivity index (χ0) is 32.2. The first-order valence-electron chi connectivity index (χ1n) is 15.2. The molecule has 0 atom stereocenters. The Morgan fingerprint density at radius 2 is 1.00 bits per heavy atom. The van der Waals surface area contributed by atoms with Crippen molar-refractivity contribution >= 4 is 62.3 Å². The molecule has 0 saturated heterocycles. The van der Waals surface area contributed by atoms with Gasteiger partial charge in [0.25, 0.3) is 5.43 Å². The molecule has 0 fully saturated rings. The summed E-state index contributed by atoms with van der Waals surface area (Å²) in [5.41, 5.74) is 8.14. The summed E-state index contributed by atoms with van der Waals surface area (Å²) in [6.45, 7) is 3.64. The Morgan fingerprint density at radius 3 is 1.54 bits per heavy atom. The van der Waals surface area contributed by atoms with E-state index in [9.17, 15) is 9.59 Å². The Hall–Kier alpha value is -4.98. The van der Waals surface area contributed by atoms with E-state index >= 15 is 0 Å². The van der Waals surface area contributed by atoms with Crippen molar-refractivity contribution in [2.75, 3.05) is 0 Å². The van der Waals surface area contributed by atoms with Crippen LogP contribution >= 0.6 is 15.9 Å². The monoisotopic (exact) mass is 740 g/mol. The van der Waals surface area contributed by atoms with Gasteiger partial charge in [-0.15, -0.1) is 22.1 Å². The summed E-state index contributed by atoms with van der Waals surface area (Å²) in [4.78, 5) is 46.4. The van der Waals surface area contributed by atoms with Crippen LogP contribution in [0.25, 0.3) is 79.8 Å². The molecule has 3 aromatic heterocycles. The molecule has 6 aromatic rings. The molecule has 0 amide bonds. The fourth-order valence-electron chi connectivity index (χ4n) is 6.06. The summed E-state index contributed by atoms with van der Waals surface area (Å²) >= 11 is 3.78. The Labute approximate surface area is 296 Å². The van der Waals surface area contributed by atoms with E-state index in [1.54, 1.807) is 0 Å². The molecular weight excluding hydrogens is 718 g/mol. The van der Waals surface area contributed by atoms with Gasteiger partial charge in [-0.05, 0) is 76.3 Å². The Morgan fingerprint density at radius 1 is 0.562 bits per heavy atom. The molecule has 48 heavy (non-hydrogen) atoms. The molecule has 0 saturated carbocycles. The molecule has 7 nitrogen and oxygen atoms in total. The van der Waals surface area contributed by atoms with Gasteiger partial charge in [0.2, 0.25) is 5.43 Å². The molecule has 5 heterocycles. The summed E-state index contributed by atoms with van der Waals surface area (Å²) in [7, 11) is 0. The molecule has 8 bridgehead atoms. The summed E-state index contributed by atoms with van der Waals surface area (Å²) in [6.07, 6.45) is 7.39. The van der Waals surface area contributed by atoms with E-state index in [0.29, 0.717) is 28.0 Å². The van der Waals surface area contributed by atoms with Gasteiger partial charge in [0, 0.05) is 10.0 Å². The van der Waals surface area contributed by atoms with Crippen molar-refractivity contribution in [2.24, 2.45) is 0 Å². The third kappa shape index (κ3) is 5.33. The van der Waals surface area contributed by atoms with E-state index in [0.717, 1.165) is 49.1 Å². The van der Waals surface area contributed by atoms with Gasteiger partial charge in [0.15, 0.2) is 5.75 Å². The van der Waals surface area contributed by atoms with E-state index in [1.807, 2.05) is 123 Å². The van der Waals surface area contributed by atoms with E-state index in [4.69, 9.17) is 24.7 Å². The zero-order valence-corrected chi connectivity index (χ0v) is 30.6. The summed E-state index contributed by atoms with van der Waals surface area (Å²) in [5, 5.41) is 0. The van der Waals surface area contributed by atoms with E-state index in [-0.39, 0.29) is 36.9 Å². The topological polar surface area (TPSA) is 97.3 Å². The minimum Gasteiger partial charge on any atom is -0.657 e. The van der Waals surface area contributed by atoms with Crippen LogP contribution in [0.4, 0.5) is 0 Å². The Kier molecular flexibility index (Phi) is 8.28. The number of ether oxygens (including phenoxy) is 1. The average Bonchev–Trinajstić information content (AvgIpc) is 3.92. The SMILES string of the molecule is CC(C)Oc1c(-c2c3nc(c(-c4ccccc4)c4ccc([n-]4)c(Br)c4nc(c(-c5ccccc5)c5ccc2[n-]5)C=C4)C=C3)c(=O)c1=O.[Zn+2]. The van der Waals surface area contributed by atoms with Crippen LogP contribution < -0.4 is 25.6 Å². The van der Waals surface area contributed by atoms with Gasteiger partial charge in [-0.2, -0.15) is 0 Å². The van der Waals surface area contributed by atoms with Crippen LogP contribution in [0, 0.1) is 0 Å². The average molecular weight is 743 g/mol. The van der Waals surface area contributed by atoms with Crippen molar-refractivity contribution in [2.45, 2.75) is 20.0 Å². The molecule has 2 aliphatic heterocycles. The number of aromatic nitrogens is 4. The van der Waals surface area contributed by atoms with Crippen molar-refractivity contribution in [1.29, 1.82) is 0 Å². The second-order valence-corrected chi connectivity index (χ2v) is 12.4. The number of fused-ring (bicyclic) bond motifs is 8. The zero-order valence-electron chi connectivity index (χ0n) is 26.1. The van der Waals surface area contributed by atoms with Crippen molar-refractivity contribution < 1.29 is 24.2 Å². The van der Waals surface area contributed by atoms with Gasteiger partial charge >= 0.3 is 19.5 Å². The van der Waals surface area contributed by atoms with Crippen LogP contribution in [0.3, 0.4) is 0 Å². The molecule has 0 spiro atoms. The summed E-state index contributed by atoms with van der Waals surface area (Å²) in [6, 6.07) is 27.6. The predicted octanol–water partition coefficient (Wildman–Crippen LogP) is 8.06. The van der Waals surface area contributed by atoms with Crippen molar-refractivity contribution in [3.05, 3.63) is 133 Å². The number of benzene rings is 2. The molecular formula is C39H25BrN4O3Zn. The predicted molar refractivity (Wildman–Crippen MR) is 191 cm³/mol. The third-order valence-corrected chi connectivity index (χ3v) is 8.95. The van der Waals surface area contributed by atoms with Crippen molar-refractivity contribution in [1.82, 2.24) is 19.9 Å². The van der Waals surface area contributed by atoms with Crippen LogP contribution in [-0.4, -0.2) is 16.1 Å². The van der Waals surface area contributed by atoms with Crippen LogP contribution in [0.15, 0.2) is 99.0 Å². The maximum atomic E-state index is 13.3. The van der Waals surface area contributed by atoms with E-state index < -0.39 is 10.9 Å². The molecule has 0 N–H and O–H groups in total. The fraction of sp³-hybridized carbons (Fsp3) is 0.0769. The second-order valence-electron chi connectivity index (χ2n) is 11.6. The van der Waals surface area contributed by atoms with Gasteiger partial charge in [-0.1, -0.05) is 84.9 Å². The molecule has 8 rings (SSSR count). The first-order chi connectivity index (χ1) is 22.9. The normalized spacial score (nSPS) is 12.1. The molecule has 3 aromatic carbocycles. The summed E-state index contributed by atoms with van der Waals surface area (Å²) < 4.78 is 6.66. The minimum absolute atomic E-state index is 0. The van der Waals surface area contributed by atoms with Crippen LogP contribution in [0.5, 0.6) is 5.75 Å². The number of rotatable bonds is 5. The van der Waals surface area contributed by atoms with Gasteiger partial charge in [-0.25, -0.2) is 9.97 Å². The van der Waals surface area contributed by atoms with E-state index in [1.165, 1.54) is 0 Å². The molecule has 9 heteroatoms. The Balaban J connectivity index is 0.00000364. The number of hydrogen-bond acceptors (Lipinski definition) is 5. The molecule has 2 aliphatic rings. The van der Waals surface area contributed by atoms with Crippen LogP contribution in [0.2, 0.25) is 0 Å². The van der Waals surface area contributed by atoms with Gasteiger partial charge in [-0.3, -0.25) is 9.59 Å². The summed E-state index contributed by atoms with van der Waals surface area (Å²) in [5.74, 6) is 0.0353. The first kappa shape index (κ1) is 31.6. The maximum Gasteiger partial charge on any atom is 2.00 e. The third-order valence-electron chi connectivity index (χ3n) is 8.14. The molecule has 228 valence electrons. The number of nitrogens with zero attached hydrogens (tertiary/aromatic N) is 4. The number of hydrogen-bond donors (Lipinski definition) is 0.